The van der Waals surface area contributed by atoms with E-state index in [1.54, 1.807) is 20.1 Å². The fourth-order valence-electron chi connectivity index (χ4n) is 2.76. The normalized spacial score (nSPS) is 21.9. The molecule has 1 aliphatic rings. The molecule has 0 radical (unpaired) electrons. The zero-order valence-corrected chi connectivity index (χ0v) is 12.6. The average molecular weight is 327 g/mol. The number of ether oxygens (including phenoxy) is 1. The van der Waals surface area contributed by atoms with E-state index >= 15 is 0 Å². The molecule has 0 amide bonds. The summed E-state index contributed by atoms with van der Waals surface area (Å²) in [5.41, 5.74) is -0.486. The van der Waals surface area contributed by atoms with Crippen LogP contribution in [-0.2, 0) is 10.9 Å². The molecule has 9 heteroatoms. The quantitative estimate of drug-likeness (QED) is 0.938. The number of halogens is 3. The third-order valence-electron chi connectivity index (χ3n) is 3.87. The van der Waals surface area contributed by atoms with Crippen LogP contribution in [0.5, 0.6) is 0 Å². The first kappa shape index (κ1) is 15.7. The van der Waals surface area contributed by atoms with E-state index in [1.807, 2.05) is 4.90 Å². The molecule has 1 aliphatic heterocycles. The number of aryl methyl sites for hydroxylation is 1. The first-order chi connectivity index (χ1) is 10.9. The van der Waals surface area contributed by atoms with E-state index in [9.17, 15) is 13.2 Å². The molecule has 0 bridgehead atoms. The van der Waals surface area contributed by atoms with Crippen molar-refractivity contribution < 1.29 is 17.9 Å². The van der Waals surface area contributed by atoms with Gasteiger partial charge in [0.15, 0.2) is 5.82 Å². The first-order valence-electron chi connectivity index (χ1n) is 7.10. The van der Waals surface area contributed by atoms with E-state index in [4.69, 9.17) is 4.74 Å². The summed E-state index contributed by atoms with van der Waals surface area (Å²) in [6, 6.07) is 2.36. The van der Waals surface area contributed by atoms with Gasteiger partial charge in [-0.1, -0.05) is 0 Å². The zero-order chi connectivity index (χ0) is 16.6. The fourth-order valence-corrected chi connectivity index (χ4v) is 2.76. The van der Waals surface area contributed by atoms with Crippen LogP contribution in [0.1, 0.15) is 29.8 Å². The summed E-state index contributed by atoms with van der Waals surface area (Å²) >= 11 is 0. The van der Waals surface area contributed by atoms with Gasteiger partial charge >= 0.3 is 6.18 Å². The molecule has 3 heterocycles. The highest BCUT2D eigenvalue weighted by atomic mass is 19.4. The molecule has 0 spiro atoms. The maximum Gasteiger partial charge on any atom is 0.433 e. The number of alkyl halides is 3. The average Bonchev–Trinajstić information content (AvgIpc) is 3.12. The number of nitrogens with zero attached hydrogens (tertiary/aromatic N) is 4. The maximum absolute atomic E-state index is 12.9. The number of pyridine rings is 1. The second kappa shape index (κ2) is 5.80. The van der Waals surface area contributed by atoms with Crippen molar-refractivity contribution in [2.45, 2.75) is 31.7 Å². The van der Waals surface area contributed by atoms with Crippen molar-refractivity contribution in [2.75, 3.05) is 18.6 Å². The van der Waals surface area contributed by atoms with E-state index in [0.717, 1.165) is 6.07 Å². The summed E-state index contributed by atoms with van der Waals surface area (Å²) < 4.78 is 44.0. The van der Waals surface area contributed by atoms with Gasteiger partial charge in [-0.25, -0.2) is 4.98 Å². The molecule has 1 N–H and O–H groups in total. The lowest BCUT2D eigenvalue weighted by Gasteiger charge is -2.25. The van der Waals surface area contributed by atoms with Crippen LogP contribution >= 0.6 is 0 Å². The number of hydrogen-bond donors (Lipinski definition) is 1. The lowest BCUT2D eigenvalue weighted by Crippen LogP contribution is -2.26. The Balaban J connectivity index is 1.95. The molecule has 6 nitrogen and oxygen atoms in total. The molecule has 124 valence electrons. The van der Waals surface area contributed by atoms with Gasteiger partial charge in [0.1, 0.15) is 11.5 Å². The van der Waals surface area contributed by atoms with Gasteiger partial charge in [0.05, 0.1) is 12.1 Å². The van der Waals surface area contributed by atoms with Crippen molar-refractivity contribution in [1.82, 2.24) is 20.2 Å². The molecule has 0 aliphatic carbocycles. The van der Waals surface area contributed by atoms with Gasteiger partial charge in [0.25, 0.3) is 0 Å². The molecular formula is C14H16F3N5O. The van der Waals surface area contributed by atoms with Crippen LogP contribution in [0.2, 0.25) is 0 Å². The molecule has 3 rings (SSSR count). The van der Waals surface area contributed by atoms with E-state index in [1.165, 1.54) is 6.20 Å². The summed E-state index contributed by atoms with van der Waals surface area (Å²) in [5.74, 6) is 1.21. The number of anilines is 1. The largest absolute Gasteiger partial charge is 0.433 e. The van der Waals surface area contributed by atoms with Crippen molar-refractivity contribution in [1.29, 1.82) is 0 Å². The zero-order valence-electron chi connectivity index (χ0n) is 12.6. The van der Waals surface area contributed by atoms with Crippen molar-refractivity contribution in [3.63, 3.8) is 0 Å². The summed E-state index contributed by atoms with van der Waals surface area (Å²) in [4.78, 5) is 9.54. The van der Waals surface area contributed by atoms with Gasteiger partial charge in [-0.15, -0.1) is 0 Å². The minimum absolute atomic E-state index is 0.0960. The van der Waals surface area contributed by atoms with Crippen LogP contribution < -0.4 is 4.90 Å². The predicted octanol–water partition coefficient (Wildman–Crippen LogP) is 2.49. The molecule has 0 aromatic carbocycles. The van der Waals surface area contributed by atoms with Gasteiger partial charge in [-0.05, 0) is 19.1 Å². The second-order valence-corrected chi connectivity index (χ2v) is 5.44. The molecular weight excluding hydrogens is 311 g/mol. The SMILES string of the molecule is CO[C@@H]1C[C@@H](c2n[nH]c(C)n2)N(c2ccnc(C(F)(F)F)c2)C1. The molecule has 1 fully saturated rings. The predicted molar refractivity (Wildman–Crippen MR) is 75.9 cm³/mol. The van der Waals surface area contributed by atoms with Crippen molar-refractivity contribution >= 4 is 5.69 Å². The highest BCUT2D eigenvalue weighted by Crippen LogP contribution is 2.37. The minimum atomic E-state index is -4.48. The van der Waals surface area contributed by atoms with Gasteiger partial charge in [0.2, 0.25) is 0 Å². The van der Waals surface area contributed by atoms with Crippen LogP contribution in [0, 0.1) is 6.92 Å². The molecule has 2 aromatic heterocycles. The summed E-state index contributed by atoms with van der Waals surface area (Å²) in [7, 11) is 1.59. The highest BCUT2D eigenvalue weighted by Gasteiger charge is 2.38. The standard InChI is InChI=1S/C14H16F3N5O/c1-8-19-13(21-20-8)11-6-10(23-2)7-22(11)9-3-4-18-12(5-9)14(15,16)17/h3-5,10-11H,6-7H2,1-2H3,(H,19,20,21)/t10-,11+/m1/s1. The van der Waals surface area contributed by atoms with Gasteiger partial charge in [0, 0.05) is 32.0 Å². The monoisotopic (exact) mass is 327 g/mol. The smallest absolute Gasteiger partial charge is 0.380 e. The van der Waals surface area contributed by atoms with Crippen molar-refractivity contribution in [3.8, 4) is 0 Å². The Morgan fingerprint density at radius 3 is 2.78 bits per heavy atom. The number of rotatable bonds is 3. The van der Waals surface area contributed by atoms with Gasteiger partial charge in [-0.2, -0.15) is 18.3 Å². The second-order valence-electron chi connectivity index (χ2n) is 5.44. The number of aromatic amines is 1. The third-order valence-corrected chi connectivity index (χ3v) is 3.87. The van der Waals surface area contributed by atoms with E-state index in [2.05, 4.69) is 20.2 Å². The van der Waals surface area contributed by atoms with Crippen molar-refractivity contribution in [3.05, 3.63) is 35.7 Å². The number of hydrogen-bond acceptors (Lipinski definition) is 5. The summed E-state index contributed by atoms with van der Waals surface area (Å²) in [5, 5.41) is 6.91. The Hall–Kier alpha value is -2.16. The highest BCUT2D eigenvalue weighted by molar-refractivity contribution is 5.50. The number of methoxy groups -OCH3 is 1. The molecule has 0 unspecified atom stereocenters. The molecule has 2 aromatic rings. The van der Waals surface area contributed by atoms with E-state index in [0.29, 0.717) is 30.3 Å². The van der Waals surface area contributed by atoms with Gasteiger partial charge < -0.3 is 9.64 Å². The fraction of sp³-hybridized carbons (Fsp3) is 0.500. The number of nitrogens with one attached hydrogen (secondary N) is 1. The minimum Gasteiger partial charge on any atom is -0.380 e. The lowest BCUT2D eigenvalue weighted by atomic mass is 10.2. The Morgan fingerprint density at radius 1 is 1.39 bits per heavy atom. The van der Waals surface area contributed by atoms with Crippen molar-refractivity contribution in [2.24, 2.45) is 0 Å². The Kier molecular flexibility index (Phi) is 3.97. The van der Waals surface area contributed by atoms with Gasteiger partial charge in [-0.3, -0.25) is 10.1 Å². The van der Waals surface area contributed by atoms with Crippen LogP contribution in [0.25, 0.3) is 0 Å². The van der Waals surface area contributed by atoms with Crippen LogP contribution in [-0.4, -0.2) is 39.9 Å². The summed E-state index contributed by atoms with van der Waals surface area (Å²) in [6.07, 6.45) is -2.80. The molecule has 0 saturated carbocycles. The topological polar surface area (TPSA) is 66.9 Å². The number of aromatic nitrogens is 4. The Morgan fingerprint density at radius 2 is 2.17 bits per heavy atom. The van der Waals surface area contributed by atoms with E-state index < -0.39 is 11.9 Å². The summed E-state index contributed by atoms with van der Waals surface area (Å²) in [6.45, 7) is 2.24. The molecule has 23 heavy (non-hydrogen) atoms. The Bertz CT molecular complexity index is 687. The van der Waals surface area contributed by atoms with Crippen LogP contribution in [0.3, 0.4) is 0 Å². The van der Waals surface area contributed by atoms with E-state index in [-0.39, 0.29) is 12.1 Å². The first-order valence-corrected chi connectivity index (χ1v) is 7.10. The van der Waals surface area contributed by atoms with Crippen LogP contribution in [0.4, 0.5) is 18.9 Å². The lowest BCUT2D eigenvalue weighted by molar-refractivity contribution is -0.141. The Labute approximate surface area is 130 Å². The molecule has 2 atom stereocenters. The maximum atomic E-state index is 12.9. The third kappa shape index (κ3) is 3.14. The number of H-pyrrole nitrogens is 1. The molecule has 1 saturated heterocycles. The van der Waals surface area contributed by atoms with Crippen LogP contribution in [0.15, 0.2) is 18.3 Å².